The van der Waals surface area contributed by atoms with E-state index in [0.717, 1.165) is 22.3 Å². The van der Waals surface area contributed by atoms with Crippen LogP contribution in [0.4, 0.5) is 10.5 Å². The van der Waals surface area contributed by atoms with Gasteiger partial charge in [0.1, 0.15) is 0 Å². The lowest BCUT2D eigenvalue weighted by Gasteiger charge is -2.16. The summed E-state index contributed by atoms with van der Waals surface area (Å²) in [6, 6.07) is 9.27. The fourth-order valence-electron chi connectivity index (χ4n) is 2.60. The molecule has 11 heteroatoms. The highest BCUT2D eigenvalue weighted by Crippen LogP contribution is 2.34. The van der Waals surface area contributed by atoms with E-state index in [-0.39, 0.29) is 4.32 Å². The molecule has 3 rings (SSSR count). The Morgan fingerprint density at radius 1 is 1.19 bits per heavy atom. The van der Waals surface area contributed by atoms with Crippen LogP contribution in [0.15, 0.2) is 41.3 Å². The van der Waals surface area contributed by atoms with Gasteiger partial charge < -0.3 is 14.8 Å². The lowest BCUT2D eigenvalue weighted by molar-refractivity contribution is -0.123. The summed E-state index contributed by atoms with van der Waals surface area (Å²) in [6.07, 6.45) is 1.67. The van der Waals surface area contributed by atoms with Crippen LogP contribution in [0.2, 0.25) is 10.0 Å². The van der Waals surface area contributed by atoms with Gasteiger partial charge in [0.05, 0.1) is 28.7 Å². The molecule has 0 spiro atoms. The normalized spacial score (nSPS) is 14.7. The van der Waals surface area contributed by atoms with E-state index in [0.29, 0.717) is 38.7 Å². The van der Waals surface area contributed by atoms with Crippen LogP contribution in [0.5, 0.6) is 11.5 Å². The van der Waals surface area contributed by atoms with Crippen LogP contribution < -0.4 is 20.2 Å². The molecule has 3 amide bonds. The van der Waals surface area contributed by atoms with Gasteiger partial charge in [0.25, 0.3) is 5.91 Å². The number of nitrogens with zero attached hydrogens (tertiary/aromatic N) is 1. The van der Waals surface area contributed by atoms with Gasteiger partial charge in [-0.15, -0.1) is 0 Å². The van der Waals surface area contributed by atoms with E-state index in [1.807, 2.05) is 6.92 Å². The molecule has 2 N–H and O–H groups in total. The summed E-state index contributed by atoms with van der Waals surface area (Å²) in [5.41, 5.74) is 3.58. The number of ether oxygens (including phenoxy) is 2. The molecule has 0 saturated carbocycles. The van der Waals surface area contributed by atoms with Crippen LogP contribution in [-0.2, 0) is 4.79 Å². The zero-order valence-corrected chi connectivity index (χ0v) is 19.5. The molecule has 1 heterocycles. The minimum Gasteiger partial charge on any atom is -0.493 e. The number of urea groups is 1. The average Bonchev–Trinajstić information content (AvgIpc) is 2.98. The largest absolute Gasteiger partial charge is 0.493 e. The Labute approximate surface area is 198 Å². The highest BCUT2D eigenvalue weighted by Gasteiger charge is 2.33. The smallest absolute Gasteiger partial charge is 0.338 e. The first-order valence-electron chi connectivity index (χ1n) is 8.94. The van der Waals surface area contributed by atoms with E-state index in [1.165, 1.54) is 6.07 Å². The molecule has 7 nitrogen and oxygen atoms in total. The molecule has 1 aliphatic heterocycles. The number of halogens is 2. The molecule has 1 aliphatic rings. The lowest BCUT2D eigenvalue weighted by atomic mass is 10.2. The molecule has 31 heavy (non-hydrogen) atoms. The molecule has 0 atom stereocenters. The Hall–Kier alpha value is -2.46. The molecular weight excluding hydrogens is 481 g/mol. The highest BCUT2D eigenvalue weighted by molar-refractivity contribution is 8.26. The second kappa shape index (κ2) is 10.2. The van der Waals surface area contributed by atoms with Crippen molar-refractivity contribution >= 4 is 75.2 Å². The third-order valence-corrected chi connectivity index (χ3v) is 6.01. The van der Waals surface area contributed by atoms with Crippen LogP contribution in [0, 0.1) is 0 Å². The Morgan fingerprint density at radius 2 is 1.97 bits per heavy atom. The second-order valence-corrected chi connectivity index (χ2v) is 8.55. The highest BCUT2D eigenvalue weighted by atomic mass is 35.5. The van der Waals surface area contributed by atoms with Crippen molar-refractivity contribution in [2.45, 2.75) is 6.92 Å². The number of benzene rings is 2. The Morgan fingerprint density at radius 3 is 2.65 bits per heavy atom. The molecule has 0 aromatic heterocycles. The topological polar surface area (TPSA) is 79.9 Å². The van der Waals surface area contributed by atoms with Gasteiger partial charge in [-0.1, -0.05) is 41.0 Å². The minimum absolute atomic E-state index is 0.194. The third-order valence-electron chi connectivity index (χ3n) is 3.97. The number of amides is 3. The molecule has 1 fully saturated rings. The van der Waals surface area contributed by atoms with E-state index in [1.54, 1.807) is 43.5 Å². The van der Waals surface area contributed by atoms with E-state index >= 15 is 0 Å². The molecule has 0 radical (unpaired) electrons. The number of methoxy groups -OCH3 is 1. The van der Waals surface area contributed by atoms with Crippen LogP contribution in [0.3, 0.4) is 0 Å². The Kier molecular flexibility index (Phi) is 7.66. The van der Waals surface area contributed by atoms with Gasteiger partial charge in [0, 0.05) is 5.69 Å². The number of thiocarbonyl (C=S) groups is 1. The summed E-state index contributed by atoms with van der Waals surface area (Å²) in [5.74, 6) is 0.702. The number of anilines is 1. The summed E-state index contributed by atoms with van der Waals surface area (Å²) in [4.78, 5) is 25.4. The van der Waals surface area contributed by atoms with Crippen molar-refractivity contribution in [3.05, 3.63) is 56.9 Å². The van der Waals surface area contributed by atoms with Crippen LogP contribution >= 0.6 is 47.2 Å². The lowest BCUT2D eigenvalue weighted by Crippen LogP contribution is -2.46. The zero-order valence-electron chi connectivity index (χ0n) is 16.4. The molecule has 2 aromatic rings. The maximum atomic E-state index is 12.8. The number of rotatable bonds is 6. The first-order valence-corrected chi connectivity index (χ1v) is 10.9. The molecule has 0 unspecified atom stereocenters. The van der Waals surface area contributed by atoms with E-state index < -0.39 is 11.9 Å². The fraction of sp³-hybridized carbons (Fsp3) is 0.150. The minimum atomic E-state index is -0.654. The summed E-state index contributed by atoms with van der Waals surface area (Å²) in [7, 11) is 1.55. The number of thioether (sulfide) groups is 1. The van der Waals surface area contributed by atoms with Crippen molar-refractivity contribution < 1.29 is 19.1 Å². The number of hydrazine groups is 1. The molecule has 0 bridgehead atoms. The number of carbonyl (C=O) groups is 2. The SMILES string of the molecule is CCOc1cc(/C=C2/SC(=S)N(NC(=O)Nc3ccc(Cl)c(Cl)c3)C2=O)ccc1OC. The van der Waals surface area contributed by atoms with E-state index in [4.69, 9.17) is 44.9 Å². The van der Waals surface area contributed by atoms with Crippen molar-refractivity contribution in [1.29, 1.82) is 0 Å². The van der Waals surface area contributed by atoms with Gasteiger partial charge in [-0.25, -0.2) is 10.2 Å². The predicted octanol–water partition coefficient (Wildman–Crippen LogP) is 5.34. The first-order chi connectivity index (χ1) is 14.8. The second-order valence-electron chi connectivity index (χ2n) is 6.06. The molecule has 2 aromatic carbocycles. The quantitative estimate of drug-likeness (QED) is 0.414. The van der Waals surface area contributed by atoms with Gasteiger partial charge in [-0.05, 0) is 61.1 Å². The molecule has 1 saturated heterocycles. The van der Waals surface area contributed by atoms with Crippen molar-refractivity contribution in [1.82, 2.24) is 10.4 Å². The van der Waals surface area contributed by atoms with Crippen LogP contribution in [-0.4, -0.2) is 35.0 Å². The van der Waals surface area contributed by atoms with Crippen molar-refractivity contribution in [3.8, 4) is 11.5 Å². The van der Waals surface area contributed by atoms with Gasteiger partial charge in [0.2, 0.25) is 0 Å². The molecule has 162 valence electrons. The number of hydrogen-bond donors (Lipinski definition) is 2. The van der Waals surface area contributed by atoms with Crippen molar-refractivity contribution in [3.63, 3.8) is 0 Å². The number of hydrogen-bond acceptors (Lipinski definition) is 6. The van der Waals surface area contributed by atoms with Gasteiger partial charge in [-0.3, -0.25) is 4.79 Å². The summed E-state index contributed by atoms with van der Waals surface area (Å²) >= 11 is 18.1. The third kappa shape index (κ3) is 5.62. The standard InChI is InChI=1S/C20H17Cl2N3O4S2/c1-3-29-16-8-11(4-7-15(16)28-2)9-17-18(26)25(20(30)31-17)24-19(27)23-12-5-6-13(21)14(22)10-12/h4-10H,3H2,1-2H3,(H2,23,24,27)/b17-9+. The maximum absolute atomic E-state index is 12.8. The number of nitrogens with one attached hydrogen (secondary N) is 2. The van der Waals surface area contributed by atoms with Gasteiger partial charge in [-0.2, -0.15) is 5.01 Å². The maximum Gasteiger partial charge on any atom is 0.338 e. The summed E-state index contributed by atoms with van der Waals surface area (Å²) in [5, 5.41) is 4.23. The van der Waals surface area contributed by atoms with E-state index in [9.17, 15) is 9.59 Å². The van der Waals surface area contributed by atoms with Crippen LogP contribution in [0.25, 0.3) is 6.08 Å². The Bertz CT molecular complexity index is 1080. The van der Waals surface area contributed by atoms with Crippen LogP contribution in [0.1, 0.15) is 12.5 Å². The van der Waals surface area contributed by atoms with E-state index in [2.05, 4.69) is 10.7 Å². The average molecular weight is 498 g/mol. The first kappa shape index (κ1) is 23.2. The van der Waals surface area contributed by atoms with Gasteiger partial charge in [0.15, 0.2) is 15.8 Å². The fourth-order valence-corrected chi connectivity index (χ4v) is 4.08. The van der Waals surface area contributed by atoms with Gasteiger partial charge >= 0.3 is 6.03 Å². The van der Waals surface area contributed by atoms with Crippen molar-refractivity contribution in [2.24, 2.45) is 0 Å². The monoisotopic (exact) mass is 497 g/mol. The Balaban J connectivity index is 1.72. The predicted molar refractivity (Wildman–Crippen MR) is 128 cm³/mol. The molecular formula is C20H17Cl2N3O4S2. The molecule has 0 aliphatic carbocycles. The van der Waals surface area contributed by atoms with Crippen molar-refractivity contribution in [2.75, 3.05) is 19.0 Å². The zero-order chi connectivity index (χ0) is 22.5. The summed E-state index contributed by atoms with van der Waals surface area (Å²) < 4.78 is 11.0. The summed E-state index contributed by atoms with van der Waals surface area (Å²) in [6.45, 7) is 2.34. The number of carbonyl (C=O) groups excluding carboxylic acids is 2.